The highest BCUT2D eigenvalue weighted by Crippen LogP contribution is 2.45. The van der Waals surface area contributed by atoms with E-state index < -0.39 is 35.8 Å². The van der Waals surface area contributed by atoms with Crippen molar-refractivity contribution in [3.8, 4) is 11.5 Å². The number of pyridine rings is 1. The number of aromatic nitrogens is 1. The molecule has 49 heavy (non-hydrogen) atoms. The fourth-order valence-electron chi connectivity index (χ4n) is 6.82. The van der Waals surface area contributed by atoms with Gasteiger partial charge in [-0.05, 0) is 56.6 Å². The molecule has 13 heteroatoms. The second-order valence-corrected chi connectivity index (χ2v) is 13.2. The van der Waals surface area contributed by atoms with Crippen LogP contribution in [-0.2, 0) is 30.2 Å². The number of benzene rings is 1. The van der Waals surface area contributed by atoms with Gasteiger partial charge in [-0.25, -0.2) is 14.6 Å². The van der Waals surface area contributed by atoms with Gasteiger partial charge in [0.25, 0.3) is 0 Å². The van der Waals surface area contributed by atoms with E-state index in [1.165, 1.54) is 7.11 Å². The molecule has 5 atom stereocenters. The van der Waals surface area contributed by atoms with Crippen LogP contribution in [0.25, 0.3) is 10.9 Å². The predicted molar refractivity (Wildman–Crippen MR) is 181 cm³/mol. The van der Waals surface area contributed by atoms with Gasteiger partial charge in [0, 0.05) is 42.4 Å². The molecule has 1 aliphatic carbocycles. The summed E-state index contributed by atoms with van der Waals surface area (Å²) < 4.78 is 28.2. The standard InChI is InChI=1S/C36H48N4O9/c1-7-23-18-36(23,34(43)47-8-2)37-19-24-15-25-20-40(24)32(41)31(21(3)4)39-35(44)48-13-11-9-10-12-22-14-26-27(16-29(22)45-5)38-28(33(42)46-6)17-30(26)49-25/h7,14,16-17,21,23-25,31,37H,1,8-13,15,18-20H2,2-6H3,(H,39,44)/t23-,24+,25-,31+,36-/m1/s1. The first-order valence-electron chi connectivity index (χ1n) is 17.1. The summed E-state index contributed by atoms with van der Waals surface area (Å²) in [5, 5.41) is 6.90. The molecule has 266 valence electrons. The molecular formula is C36H48N4O9. The lowest BCUT2D eigenvalue weighted by Crippen LogP contribution is -2.55. The van der Waals surface area contributed by atoms with Crippen molar-refractivity contribution in [3.63, 3.8) is 0 Å². The molecule has 3 aliphatic rings. The molecule has 1 aromatic carbocycles. The lowest BCUT2D eigenvalue weighted by molar-refractivity contribution is -0.147. The number of nitrogens with zero attached hydrogens (tertiary/aromatic N) is 2. The molecule has 0 spiro atoms. The number of nitrogens with one attached hydrogen (secondary N) is 2. The van der Waals surface area contributed by atoms with Crippen LogP contribution in [-0.4, -0.2) is 98.1 Å². The Morgan fingerprint density at radius 2 is 2.00 bits per heavy atom. The van der Waals surface area contributed by atoms with Crippen LogP contribution in [0.3, 0.4) is 0 Å². The summed E-state index contributed by atoms with van der Waals surface area (Å²) in [7, 11) is 2.88. The summed E-state index contributed by atoms with van der Waals surface area (Å²) in [4.78, 5) is 59.1. The Morgan fingerprint density at radius 3 is 2.67 bits per heavy atom. The molecule has 1 aromatic heterocycles. The number of aryl methyl sites for hydroxylation is 1. The zero-order valence-corrected chi connectivity index (χ0v) is 29.0. The van der Waals surface area contributed by atoms with E-state index in [1.807, 2.05) is 19.9 Å². The largest absolute Gasteiger partial charge is 0.496 e. The molecule has 2 amide bonds. The van der Waals surface area contributed by atoms with Crippen LogP contribution in [0.15, 0.2) is 30.9 Å². The average Bonchev–Trinajstić information content (AvgIpc) is 3.68. The summed E-state index contributed by atoms with van der Waals surface area (Å²) in [6.45, 7) is 10.3. The minimum Gasteiger partial charge on any atom is -0.496 e. The van der Waals surface area contributed by atoms with Crippen molar-refractivity contribution in [1.82, 2.24) is 20.5 Å². The van der Waals surface area contributed by atoms with Crippen molar-refractivity contribution in [1.29, 1.82) is 0 Å². The van der Waals surface area contributed by atoms with E-state index in [0.29, 0.717) is 48.1 Å². The molecule has 2 N–H and O–H groups in total. The summed E-state index contributed by atoms with van der Waals surface area (Å²) in [6, 6.07) is 4.09. The molecule has 2 fully saturated rings. The van der Waals surface area contributed by atoms with Crippen molar-refractivity contribution >= 4 is 34.8 Å². The van der Waals surface area contributed by atoms with Crippen LogP contribution < -0.4 is 20.1 Å². The summed E-state index contributed by atoms with van der Waals surface area (Å²) in [6.07, 6.45) is 4.52. The predicted octanol–water partition coefficient (Wildman–Crippen LogP) is 3.95. The lowest BCUT2D eigenvalue weighted by Gasteiger charge is -2.31. The van der Waals surface area contributed by atoms with Gasteiger partial charge >= 0.3 is 18.0 Å². The van der Waals surface area contributed by atoms with E-state index in [9.17, 15) is 19.2 Å². The Balaban J connectivity index is 1.53. The van der Waals surface area contributed by atoms with Crippen LogP contribution in [0.2, 0.25) is 0 Å². The van der Waals surface area contributed by atoms with E-state index in [1.54, 1.807) is 37.1 Å². The van der Waals surface area contributed by atoms with E-state index in [4.69, 9.17) is 23.7 Å². The lowest BCUT2D eigenvalue weighted by atomic mass is 10.0. The number of fused-ring (bicyclic) bond motifs is 3. The van der Waals surface area contributed by atoms with Crippen molar-refractivity contribution in [2.24, 2.45) is 11.8 Å². The van der Waals surface area contributed by atoms with Gasteiger partial charge in [0.15, 0.2) is 5.69 Å². The molecule has 0 unspecified atom stereocenters. The number of rotatable bonds is 9. The number of alkyl carbamates (subject to hydrolysis) is 1. The zero-order chi connectivity index (χ0) is 35.3. The van der Waals surface area contributed by atoms with Gasteiger partial charge in [-0.15, -0.1) is 6.58 Å². The number of esters is 2. The maximum Gasteiger partial charge on any atom is 0.407 e. The monoisotopic (exact) mass is 680 g/mol. The van der Waals surface area contributed by atoms with Crippen LogP contribution in [0.4, 0.5) is 4.79 Å². The van der Waals surface area contributed by atoms with Gasteiger partial charge in [0.1, 0.15) is 29.2 Å². The first-order valence-corrected chi connectivity index (χ1v) is 17.1. The molecule has 1 saturated heterocycles. The Labute approximate surface area is 287 Å². The molecular weight excluding hydrogens is 632 g/mol. The highest BCUT2D eigenvalue weighted by atomic mass is 16.6. The summed E-state index contributed by atoms with van der Waals surface area (Å²) >= 11 is 0. The van der Waals surface area contributed by atoms with Gasteiger partial charge in [0.2, 0.25) is 5.91 Å². The van der Waals surface area contributed by atoms with E-state index in [-0.39, 0.29) is 55.7 Å². The number of methoxy groups -OCH3 is 2. The highest BCUT2D eigenvalue weighted by molar-refractivity contribution is 5.95. The van der Waals surface area contributed by atoms with Gasteiger partial charge < -0.3 is 33.9 Å². The quantitative estimate of drug-likeness (QED) is 0.225. The van der Waals surface area contributed by atoms with Gasteiger partial charge in [-0.1, -0.05) is 19.9 Å². The van der Waals surface area contributed by atoms with Crippen molar-refractivity contribution in [2.75, 3.05) is 40.5 Å². The summed E-state index contributed by atoms with van der Waals surface area (Å²) in [5.74, 6) is -0.519. The highest BCUT2D eigenvalue weighted by Gasteiger charge is 2.60. The molecule has 2 aromatic rings. The maximum atomic E-state index is 14.3. The Bertz CT molecular complexity index is 1580. The zero-order valence-electron chi connectivity index (χ0n) is 29.0. The number of amides is 2. The molecule has 4 bridgehead atoms. The van der Waals surface area contributed by atoms with Gasteiger partial charge in [-0.2, -0.15) is 0 Å². The molecule has 0 radical (unpaired) electrons. The number of cyclic esters (lactones) is 1. The number of carbonyl (C=O) groups is 4. The third kappa shape index (κ3) is 7.76. The first-order chi connectivity index (χ1) is 23.5. The normalized spacial score (nSPS) is 25.9. The number of ether oxygens (including phenoxy) is 5. The molecule has 5 rings (SSSR count). The minimum atomic E-state index is -0.913. The Hall–Kier alpha value is -4.39. The van der Waals surface area contributed by atoms with Crippen LogP contribution >= 0.6 is 0 Å². The second kappa shape index (κ2) is 15.4. The Kier molecular flexibility index (Phi) is 11.3. The molecule has 1 saturated carbocycles. The van der Waals surface area contributed by atoms with Crippen molar-refractivity contribution < 1.29 is 42.9 Å². The molecule has 13 nitrogen and oxygen atoms in total. The molecule has 2 aliphatic heterocycles. The van der Waals surface area contributed by atoms with Crippen molar-refractivity contribution in [2.45, 2.75) is 83.0 Å². The van der Waals surface area contributed by atoms with E-state index >= 15 is 0 Å². The SMILES string of the molecule is C=C[C@@H]1C[C@]1(NC[C@@H]1C[C@@H]2CN1C(=O)[C@H](C(C)C)NC(=O)OCCCCCc1cc3c(cc(C(=O)OC)nc3cc1OC)O2)C(=O)OCC. The average molecular weight is 681 g/mol. The maximum absolute atomic E-state index is 14.3. The second-order valence-electron chi connectivity index (χ2n) is 13.2. The third-order valence-electron chi connectivity index (χ3n) is 9.64. The molecule has 3 heterocycles. The van der Waals surface area contributed by atoms with Gasteiger partial charge in [0.05, 0.1) is 39.5 Å². The van der Waals surface area contributed by atoms with E-state index in [2.05, 4.69) is 22.2 Å². The van der Waals surface area contributed by atoms with Crippen LogP contribution in [0.5, 0.6) is 11.5 Å². The first kappa shape index (κ1) is 35.9. The fraction of sp³-hybridized carbons (Fsp3) is 0.583. The van der Waals surface area contributed by atoms with Gasteiger partial charge in [-0.3, -0.25) is 14.9 Å². The Morgan fingerprint density at radius 1 is 1.20 bits per heavy atom. The number of carbonyl (C=O) groups excluding carboxylic acids is 4. The smallest absolute Gasteiger partial charge is 0.407 e. The third-order valence-corrected chi connectivity index (χ3v) is 9.64. The van der Waals surface area contributed by atoms with Crippen LogP contribution in [0.1, 0.15) is 68.9 Å². The van der Waals surface area contributed by atoms with E-state index in [0.717, 1.165) is 18.4 Å². The number of hydrogen-bond donors (Lipinski definition) is 2. The minimum absolute atomic E-state index is 0.0780. The van der Waals surface area contributed by atoms with Crippen molar-refractivity contribution in [3.05, 3.63) is 42.1 Å². The number of hydrogen-bond acceptors (Lipinski definition) is 11. The topological polar surface area (TPSA) is 155 Å². The van der Waals surface area contributed by atoms with Crippen LogP contribution in [0, 0.1) is 11.8 Å². The summed E-state index contributed by atoms with van der Waals surface area (Å²) in [5.41, 5.74) is 0.620. The fourth-order valence-corrected chi connectivity index (χ4v) is 6.82.